The number of rotatable bonds is 1. The van der Waals surface area contributed by atoms with Crippen molar-refractivity contribution in [3.05, 3.63) is 29.3 Å². The van der Waals surface area contributed by atoms with E-state index in [0.29, 0.717) is 16.3 Å². The molecule has 1 aromatic heterocycles. The molecule has 1 heterocycles. The molecule has 0 amide bonds. The Morgan fingerprint density at radius 3 is 2.38 bits per heavy atom. The van der Waals surface area contributed by atoms with Gasteiger partial charge in [0.2, 0.25) is 5.95 Å². The highest BCUT2D eigenvalue weighted by molar-refractivity contribution is 6.33. The van der Waals surface area contributed by atoms with E-state index >= 15 is 0 Å². The first-order valence-electron chi connectivity index (χ1n) is 4.19. The highest BCUT2D eigenvalue weighted by Crippen LogP contribution is 2.28. The highest BCUT2D eigenvalue weighted by atomic mass is 35.5. The minimum absolute atomic E-state index is 0. The summed E-state index contributed by atoms with van der Waals surface area (Å²) in [5.74, 6) is 0.263. The smallest absolute Gasteiger partial charge is 0.242 e. The Kier molecular flexibility index (Phi) is 3.60. The van der Waals surface area contributed by atoms with Crippen LogP contribution in [0.2, 0.25) is 5.02 Å². The average Bonchev–Trinajstić information content (AvgIpc) is 2.20. The first kappa shape index (κ1) is 12.2. The molecular weight excluding hydrogens is 230 g/mol. The molecule has 0 saturated carbocycles. The number of anilines is 2. The van der Waals surface area contributed by atoms with Gasteiger partial charge in [-0.05, 0) is 6.07 Å². The zero-order chi connectivity index (χ0) is 10.8. The quantitative estimate of drug-likeness (QED) is 0.752. The third-order valence-corrected chi connectivity index (χ3v) is 2.19. The Hall–Kier alpha value is -1.92. The molecule has 0 unspecified atom stereocenters. The van der Waals surface area contributed by atoms with Crippen LogP contribution in [0.4, 0.5) is 11.8 Å². The fraction of sp³-hybridized carbons (Fsp3) is 0. The first-order chi connectivity index (χ1) is 7.18. The van der Waals surface area contributed by atoms with Crippen molar-refractivity contribution in [2.45, 2.75) is 0 Å². The maximum atomic E-state index is 5.99. The van der Waals surface area contributed by atoms with Gasteiger partial charge in [-0.3, -0.25) is 0 Å². The number of benzene rings is 1. The molecule has 84 valence electrons. The zero-order valence-corrected chi connectivity index (χ0v) is 8.94. The second kappa shape index (κ2) is 4.73. The average molecular weight is 240 g/mol. The molecule has 0 radical (unpaired) electrons. The van der Waals surface area contributed by atoms with Crippen molar-refractivity contribution < 1.29 is 5.48 Å². The molecule has 0 aliphatic heterocycles. The summed E-state index contributed by atoms with van der Waals surface area (Å²) in [4.78, 5) is 3.81. The van der Waals surface area contributed by atoms with Crippen LogP contribution in [0.25, 0.3) is 11.3 Å². The fourth-order valence-corrected chi connectivity index (χ4v) is 1.42. The number of halogens is 1. The molecule has 0 atom stereocenters. The van der Waals surface area contributed by atoms with E-state index in [2.05, 4.69) is 15.2 Å². The number of aromatic nitrogens is 3. The van der Waals surface area contributed by atoms with Crippen LogP contribution in [0.1, 0.15) is 0 Å². The van der Waals surface area contributed by atoms with Crippen molar-refractivity contribution in [1.82, 2.24) is 15.2 Å². The van der Waals surface area contributed by atoms with Gasteiger partial charge in [-0.25, -0.2) is 0 Å². The summed E-state index contributed by atoms with van der Waals surface area (Å²) in [6.07, 6.45) is 0. The van der Waals surface area contributed by atoms with Crippen LogP contribution in [0.15, 0.2) is 24.3 Å². The van der Waals surface area contributed by atoms with Gasteiger partial charge < -0.3 is 16.9 Å². The largest absolute Gasteiger partial charge is 0.412 e. The molecule has 0 bridgehead atoms. The summed E-state index contributed by atoms with van der Waals surface area (Å²) in [5.41, 5.74) is 12.1. The van der Waals surface area contributed by atoms with E-state index in [4.69, 9.17) is 23.1 Å². The van der Waals surface area contributed by atoms with Crippen LogP contribution in [0.3, 0.4) is 0 Å². The van der Waals surface area contributed by atoms with E-state index in [0.717, 1.165) is 0 Å². The van der Waals surface area contributed by atoms with Gasteiger partial charge in [0.05, 0.1) is 5.02 Å². The maximum absolute atomic E-state index is 5.99. The van der Waals surface area contributed by atoms with Gasteiger partial charge in [-0.15, -0.1) is 10.2 Å². The van der Waals surface area contributed by atoms with E-state index in [1.54, 1.807) is 12.1 Å². The number of hydrogen-bond donors (Lipinski definition) is 2. The zero-order valence-electron chi connectivity index (χ0n) is 8.18. The van der Waals surface area contributed by atoms with Crippen LogP contribution in [-0.4, -0.2) is 20.7 Å². The SMILES string of the molecule is Nc1nnc(-c2ccccc2Cl)c(N)n1.O. The van der Waals surface area contributed by atoms with Gasteiger partial charge in [-0.1, -0.05) is 29.8 Å². The molecule has 1 aromatic carbocycles. The Morgan fingerprint density at radius 1 is 1.06 bits per heavy atom. The summed E-state index contributed by atoms with van der Waals surface area (Å²) < 4.78 is 0. The third kappa shape index (κ3) is 2.18. The van der Waals surface area contributed by atoms with Gasteiger partial charge in [0, 0.05) is 5.56 Å². The lowest BCUT2D eigenvalue weighted by atomic mass is 10.1. The number of nitrogens with two attached hydrogens (primary N) is 2. The van der Waals surface area contributed by atoms with Gasteiger partial charge in [0.1, 0.15) is 5.69 Å². The molecule has 0 spiro atoms. The molecule has 7 heteroatoms. The molecule has 6 N–H and O–H groups in total. The first-order valence-corrected chi connectivity index (χ1v) is 4.57. The lowest BCUT2D eigenvalue weighted by Gasteiger charge is -2.04. The van der Waals surface area contributed by atoms with Gasteiger partial charge in [0.15, 0.2) is 5.82 Å². The van der Waals surface area contributed by atoms with E-state index < -0.39 is 0 Å². The van der Waals surface area contributed by atoms with Crippen LogP contribution in [-0.2, 0) is 0 Å². The van der Waals surface area contributed by atoms with Gasteiger partial charge in [-0.2, -0.15) is 4.98 Å². The monoisotopic (exact) mass is 239 g/mol. The number of nitrogen functional groups attached to an aromatic ring is 2. The molecular formula is C9H10ClN5O. The van der Waals surface area contributed by atoms with E-state index in [-0.39, 0.29) is 17.2 Å². The van der Waals surface area contributed by atoms with Crippen LogP contribution in [0.5, 0.6) is 0 Å². The van der Waals surface area contributed by atoms with Gasteiger partial charge >= 0.3 is 0 Å². The third-order valence-electron chi connectivity index (χ3n) is 1.86. The molecule has 16 heavy (non-hydrogen) atoms. The topological polar surface area (TPSA) is 122 Å². The van der Waals surface area contributed by atoms with E-state index in [1.165, 1.54) is 0 Å². The van der Waals surface area contributed by atoms with Crippen LogP contribution in [0, 0.1) is 0 Å². The molecule has 6 nitrogen and oxygen atoms in total. The lowest BCUT2D eigenvalue weighted by Crippen LogP contribution is -2.04. The second-order valence-corrected chi connectivity index (χ2v) is 3.29. The van der Waals surface area contributed by atoms with Crippen molar-refractivity contribution in [2.75, 3.05) is 11.5 Å². The Morgan fingerprint density at radius 2 is 1.75 bits per heavy atom. The van der Waals surface area contributed by atoms with Crippen molar-refractivity contribution in [3.63, 3.8) is 0 Å². The predicted molar refractivity (Wildman–Crippen MR) is 62.7 cm³/mol. The predicted octanol–water partition coefficient (Wildman–Crippen LogP) is 0.532. The summed E-state index contributed by atoms with van der Waals surface area (Å²) in [5, 5.41) is 8.04. The van der Waals surface area contributed by atoms with Crippen LogP contribution < -0.4 is 11.5 Å². The minimum atomic E-state index is 0. The highest BCUT2D eigenvalue weighted by Gasteiger charge is 2.10. The molecule has 0 aliphatic carbocycles. The Bertz CT molecular complexity index is 505. The lowest BCUT2D eigenvalue weighted by molar-refractivity contribution is 0.824. The van der Waals surface area contributed by atoms with E-state index in [9.17, 15) is 0 Å². The van der Waals surface area contributed by atoms with Crippen molar-refractivity contribution in [2.24, 2.45) is 0 Å². The molecule has 0 fully saturated rings. The number of nitrogens with zero attached hydrogens (tertiary/aromatic N) is 3. The van der Waals surface area contributed by atoms with E-state index in [1.807, 2.05) is 12.1 Å². The Labute approximate surface area is 96.6 Å². The summed E-state index contributed by atoms with van der Waals surface area (Å²) >= 11 is 5.99. The second-order valence-electron chi connectivity index (χ2n) is 2.88. The van der Waals surface area contributed by atoms with Crippen molar-refractivity contribution in [3.8, 4) is 11.3 Å². The summed E-state index contributed by atoms with van der Waals surface area (Å²) in [6.45, 7) is 0. The van der Waals surface area contributed by atoms with Crippen molar-refractivity contribution >= 4 is 23.4 Å². The Balaban J connectivity index is 0.00000128. The molecule has 0 saturated heterocycles. The standard InChI is InChI=1S/C9H8ClN5.H2O/c10-6-4-2-1-3-5(6)7-8(11)13-9(12)15-14-7;/h1-4H,(H4,11,12,13,15);1H2. The molecule has 2 aromatic rings. The van der Waals surface area contributed by atoms with Crippen LogP contribution >= 0.6 is 11.6 Å². The molecule has 2 rings (SSSR count). The molecule has 0 aliphatic rings. The summed E-state index contributed by atoms with van der Waals surface area (Å²) in [7, 11) is 0. The van der Waals surface area contributed by atoms with Crippen molar-refractivity contribution in [1.29, 1.82) is 0 Å². The summed E-state index contributed by atoms with van der Waals surface area (Å²) in [6, 6.07) is 7.19. The van der Waals surface area contributed by atoms with Gasteiger partial charge in [0.25, 0.3) is 0 Å². The fourth-order valence-electron chi connectivity index (χ4n) is 1.20. The number of hydrogen-bond acceptors (Lipinski definition) is 5. The maximum Gasteiger partial charge on any atom is 0.242 e. The normalized spacial score (nSPS) is 9.56. The minimum Gasteiger partial charge on any atom is -0.412 e.